The fourth-order valence-corrected chi connectivity index (χ4v) is 4.03. The van der Waals surface area contributed by atoms with E-state index in [-0.39, 0.29) is 11.4 Å². The lowest BCUT2D eigenvalue weighted by atomic mass is 10.1. The molecule has 7 heteroatoms. The van der Waals surface area contributed by atoms with Gasteiger partial charge in [0.05, 0.1) is 17.2 Å². The Morgan fingerprint density at radius 2 is 1.88 bits per heavy atom. The van der Waals surface area contributed by atoms with E-state index in [1.807, 2.05) is 19.1 Å². The van der Waals surface area contributed by atoms with Crippen LogP contribution in [-0.2, 0) is 10.0 Å². The van der Waals surface area contributed by atoms with Crippen LogP contribution in [-0.4, -0.2) is 19.9 Å². The van der Waals surface area contributed by atoms with Crippen LogP contribution in [0.1, 0.15) is 11.1 Å². The molecule has 24 heavy (non-hydrogen) atoms. The quantitative estimate of drug-likeness (QED) is 0.455. The molecule has 0 saturated heterocycles. The maximum Gasteiger partial charge on any atom is 0.289 e. The lowest BCUT2D eigenvalue weighted by molar-refractivity contribution is -0.387. The smallest absolute Gasteiger partial charge is 0.262 e. The lowest BCUT2D eigenvalue weighted by Crippen LogP contribution is -2.32. The molecule has 0 atom stereocenters. The van der Waals surface area contributed by atoms with Crippen molar-refractivity contribution in [3.8, 4) is 0 Å². The summed E-state index contributed by atoms with van der Waals surface area (Å²) in [5.41, 5.74) is 1.68. The summed E-state index contributed by atoms with van der Waals surface area (Å²) in [6.07, 6.45) is 1.45. The first-order valence-electron chi connectivity index (χ1n) is 7.23. The zero-order valence-electron chi connectivity index (χ0n) is 13.5. The van der Waals surface area contributed by atoms with Crippen molar-refractivity contribution < 1.29 is 13.3 Å². The SMILES string of the molecule is C=CCN(c1cc(C)ccc1C)S(=O)(=O)c1ccccc1[N+](=O)[O-]. The number of nitrogens with zero attached hydrogens (tertiary/aromatic N) is 2. The van der Waals surface area contributed by atoms with Crippen LogP contribution in [0.2, 0.25) is 0 Å². The molecule has 2 aromatic carbocycles. The van der Waals surface area contributed by atoms with Gasteiger partial charge in [0.2, 0.25) is 0 Å². The number of nitro groups is 1. The third kappa shape index (κ3) is 3.30. The van der Waals surface area contributed by atoms with Gasteiger partial charge in [-0.3, -0.25) is 14.4 Å². The molecule has 2 aromatic rings. The van der Waals surface area contributed by atoms with E-state index in [9.17, 15) is 18.5 Å². The molecule has 0 spiro atoms. The second kappa shape index (κ2) is 6.84. The van der Waals surface area contributed by atoms with E-state index in [1.165, 1.54) is 30.3 Å². The summed E-state index contributed by atoms with van der Waals surface area (Å²) in [7, 11) is -4.11. The van der Waals surface area contributed by atoms with Gasteiger partial charge in [-0.05, 0) is 37.1 Å². The van der Waals surface area contributed by atoms with Crippen LogP contribution in [0.15, 0.2) is 60.0 Å². The highest BCUT2D eigenvalue weighted by atomic mass is 32.2. The summed E-state index contributed by atoms with van der Waals surface area (Å²) in [6.45, 7) is 7.26. The van der Waals surface area contributed by atoms with Crippen LogP contribution in [0.5, 0.6) is 0 Å². The maximum atomic E-state index is 13.1. The summed E-state index contributed by atoms with van der Waals surface area (Å²) in [6, 6.07) is 10.8. The Balaban J connectivity index is 2.69. The highest BCUT2D eigenvalue weighted by Crippen LogP contribution is 2.31. The van der Waals surface area contributed by atoms with E-state index in [1.54, 1.807) is 13.0 Å². The van der Waals surface area contributed by atoms with Gasteiger partial charge in [-0.1, -0.05) is 30.3 Å². The third-order valence-corrected chi connectivity index (χ3v) is 5.39. The van der Waals surface area contributed by atoms with Gasteiger partial charge >= 0.3 is 0 Å². The molecule has 0 amide bonds. The van der Waals surface area contributed by atoms with E-state index >= 15 is 0 Å². The summed E-state index contributed by atoms with van der Waals surface area (Å²) < 4.78 is 27.3. The Hall–Kier alpha value is -2.67. The molecule has 0 aromatic heterocycles. The average molecular weight is 346 g/mol. The zero-order valence-corrected chi connectivity index (χ0v) is 14.3. The van der Waals surface area contributed by atoms with Crippen molar-refractivity contribution in [1.82, 2.24) is 0 Å². The van der Waals surface area contributed by atoms with Gasteiger partial charge in [0.1, 0.15) is 0 Å². The topological polar surface area (TPSA) is 80.5 Å². The van der Waals surface area contributed by atoms with E-state index in [4.69, 9.17) is 0 Å². The standard InChI is InChI=1S/C17H18N2O4S/c1-4-11-18(16-12-13(2)9-10-14(16)3)24(22,23)17-8-6-5-7-15(17)19(20)21/h4-10,12H,1,11H2,2-3H3. The molecule has 0 aliphatic rings. The van der Waals surface area contributed by atoms with Crippen molar-refractivity contribution in [2.45, 2.75) is 18.7 Å². The van der Waals surface area contributed by atoms with E-state index in [0.717, 1.165) is 15.4 Å². The molecule has 0 saturated carbocycles. The molecule has 0 heterocycles. The molecular formula is C17H18N2O4S. The fraction of sp³-hybridized carbons (Fsp3) is 0.176. The number of aryl methyl sites for hydroxylation is 2. The van der Waals surface area contributed by atoms with Gasteiger partial charge in [0, 0.05) is 6.07 Å². The summed E-state index contributed by atoms with van der Waals surface area (Å²) in [4.78, 5) is 10.2. The predicted octanol–water partition coefficient (Wildman–Crippen LogP) is 3.59. The summed E-state index contributed by atoms with van der Waals surface area (Å²) in [5.74, 6) is 0. The number of sulfonamides is 1. The molecule has 0 fully saturated rings. The first-order chi connectivity index (χ1) is 11.3. The van der Waals surface area contributed by atoms with Crippen LogP contribution < -0.4 is 4.31 Å². The van der Waals surface area contributed by atoms with Crippen LogP contribution in [0.3, 0.4) is 0 Å². The minimum atomic E-state index is -4.11. The van der Waals surface area contributed by atoms with Crippen LogP contribution in [0, 0.1) is 24.0 Å². The minimum Gasteiger partial charge on any atom is -0.262 e. The fourth-order valence-electron chi connectivity index (χ4n) is 2.38. The first kappa shape index (κ1) is 17.7. The van der Waals surface area contributed by atoms with E-state index in [2.05, 4.69) is 6.58 Å². The Kier molecular flexibility index (Phi) is 5.04. The molecule has 126 valence electrons. The van der Waals surface area contributed by atoms with Gasteiger partial charge in [-0.25, -0.2) is 8.42 Å². The molecular weight excluding hydrogens is 328 g/mol. The van der Waals surface area contributed by atoms with Gasteiger partial charge in [0.25, 0.3) is 15.7 Å². The van der Waals surface area contributed by atoms with Crippen molar-refractivity contribution >= 4 is 21.4 Å². The number of anilines is 1. The highest BCUT2D eigenvalue weighted by molar-refractivity contribution is 7.93. The lowest BCUT2D eigenvalue weighted by Gasteiger charge is -2.25. The first-order valence-corrected chi connectivity index (χ1v) is 8.67. The number of hydrogen-bond donors (Lipinski definition) is 0. The second-order valence-corrected chi connectivity index (χ2v) is 7.17. The number of hydrogen-bond acceptors (Lipinski definition) is 4. The maximum absolute atomic E-state index is 13.1. The number of benzene rings is 2. The largest absolute Gasteiger partial charge is 0.289 e. The van der Waals surface area contributed by atoms with Crippen molar-refractivity contribution in [2.24, 2.45) is 0 Å². The van der Waals surface area contributed by atoms with Crippen molar-refractivity contribution in [2.75, 3.05) is 10.8 Å². The average Bonchev–Trinajstić information content (AvgIpc) is 2.55. The van der Waals surface area contributed by atoms with Gasteiger partial charge in [0.15, 0.2) is 4.90 Å². The predicted molar refractivity (Wildman–Crippen MR) is 93.7 cm³/mol. The Labute approximate surface area is 141 Å². The molecule has 0 radical (unpaired) electrons. The van der Waals surface area contributed by atoms with Crippen LogP contribution in [0.25, 0.3) is 0 Å². The van der Waals surface area contributed by atoms with Crippen LogP contribution >= 0.6 is 0 Å². The van der Waals surface area contributed by atoms with Crippen molar-refractivity contribution in [1.29, 1.82) is 0 Å². The number of para-hydroxylation sites is 1. The van der Waals surface area contributed by atoms with Gasteiger partial charge in [-0.2, -0.15) is 0 Å². The molecule has 0 bridgehead atoms. The van der Waals surface area contributed by atoms with Gasteiger partial charge in [-0.15, -0.1) is 6.58 Å². The highest BCUT2D eigenvalue weighted by Gasteiger charge is 2.31. The van der Waals surface area contributed by atoms with Crippen LogP contribution in [0.4, 0.5) is 11.4 Å². The van der Waals surface area contributed by atoms with Crippen molar-refractivity contribution in [3.05, 3.63) is 76.4 Å². The summed E-state index contributed by atoms with van der Waals surface area (Å²) in [5, 5.41) is 11.2. The molecule has 6 nitrogen and oxygen atoms in total. The molecule has 0 unspecified atom stereocenters. The van der Waals surface area contributed by atoms with E-state index < -0.39 is 20.6 Å². The third-order valence-electron chi connectivity index (χ3n) is 3.56. The monoisotopic (exact) mass is 346 g/mol. The van der Waals surface area contributed by atoms with E-state index in [0.29, 0.717) is 5.69 Å². The van der Waals surface area contributed by atoms with Crippen molar-refractivity contribution in [3.63, 3.8) is 0 Å². The summed E-state index contributed by atoms with van der Waals surface area (Å²) >= 11 is 0. The second-order valence-electron chi connectivity index (χ2n) is 5.34. The molecule has 2 rings (SSSR count). The number of nitro benzene ring substituents is 1. The number of rotatable bonds is 6. The molecule has 0 aliphatic carbocycles. The Morgan fingerprint density at radius 1 is 1.21 bits per heavy atom. The molecule has 0 aliphatic heterocycles. The zero-order chi connectivity index (χ0) is 17.9. The van der Waals surface area contributed by atoms with Gasteiger partial charge < -0.3 is 0 Å². The molecule has 0 N–H and O–H groups in total. The Morgan fingerprint density at radius 3 is 2.50 bits per heavy atom. The minimum absolute atomic E-state index is 0.0126. The normalized spacial score (nSPS) is 11.1. The Bertz CT molecular complexity index is 891.